The summed E-state index contributed by atoms with van der Waals surface area (Å²) in [5.41, 5.74) is 4.61. The fourth-order valence-corrected chi connectivity index (χ4v) is 0.475. The van der Waals surface area contributed by atoms with Gasteiger partial charge in [-0.1, -0.05) is 13.2 Å². The molecule has 0 unspecified atom stereocenters. The van der Waals surface area contributed by atoms with Gasteiger partial charge in [0.05, 0.1) is 6.61 Å². The average molecular weight is 186 g/mol. The van der Waals surface area contributed by atoms with Crippen LogP contribution >= 0.6 is 0 Å². The molecule has 1 heterocycles. The number of carbonyl (C=O) groups excluding carboxylic acids is 1. The Hall–Kier alpha value is -1.45. The van der Waals surface area contributed by atoms with Crippen LogP contribution in [0.1, 0.15) is 12.8 Å². The Morgan fingerprint density at radius 2 is 2.08 bits per heavy atom. The number of hydrogen-bond acceptors (Lipinski definition) is 4. The molecule has 1 saturated heterocycles. The Morgan fingerprint density at radius 1 is 1.62 bits per heavy atom. The average Bonchev–Trinajstić information content (AvgIpc) is 2.58. The van der Waals surface area contributed by atoms with Crippen molar-refractivity contribution in [1.82, 2.24) is 5.32 Å². The number of esters is 1. The molecule has 1 aliphatic rings. The second-order valence-corrected chi connectivity index (χ2v) is 2.05. The third-order valence-electron chi connectivity index (χ3n) is 0.992. The maximum absolute atomic E-state index is 10.0. The first-order chi connectivity index (χ1) is 6.22. The van der Waals surface area contributed by atoms with Crippen LogP contribution in [0.5, 0.6) is 0 Å². The Bertz CT molecular complexity index is 139. The molecule has 1 fully saturated rings. The second-order valence-electron chi connectivity index (χ2n) is 2.05. The summed E-state index contributed by atoms with van der Waals surface area (Å²) in [4.78, 5) is 10.0. The van der Waals surface area contributed by atoms with Gasteiger partial charge in [0.15, 0.2) is 0 Å². The molecule has 1 rings (SSSR count). The number of nitrogens with two attached hydrogens (primary N) is 1. The van der Waals surface area contributed by atoms with Gasteiger partial charge in [0.2, 0.25) is 0 Å². The molecule has 0 aromatic rings. The predicted molar refractivity (Wildman–Crippen MR) is 53.8 cm³/mol. The van der Waals surface area contributed by atoms with Crippen LogP contribution in [0.3, 0.4) is 0 Å². The molecule has 76 valence electrons. The minimum atomic E-state index is -0.0463. The monoisotopic (exact) mass is 186 g/mol. The standard InChI is InChI=1S/C4H6O2.C3H7N.C2H5N/c5-4-2-1-3-6-4;1-3-4-2;1-2-3/h1-3H2;3-4H,1H2,2H3;2H,1,3H2. The first-order valence-corrected chi connectivity index (χ1v) is 3.99. The lowest BCUT2D eigenvalue weighted by molar-refractivity contribution is -0.137. The van der Waals surface area contributed by atoms with Gasteiger partial charge < -0.3 is 15.8 Å². The van der Waals surface area contributed by atoms with E-state index in [0.717, 1.165) is 6.42 Å². The van der Waals surface area contributed by atoms with Crippen LogP contribution in [0.2, 0.25) is 0 Å². The highest BCUT2D eigenvalue weighted by Crippen LogP contribution is 2.01. The van der Waals surface area contributed by atoms with Crippen LogP contribution < -0.4 is 11.1 Å². The van der Waals surface area contributed by atoms with Crippen molar-refractivity contribution in [3.8, 4) is 0 Å². The van der Waals surface area contributed by atoms with Crippen LogP contribution in [0.4, 0.5) is 0 Å². The molecule has 4 heteroatoms. The summed E-state index contributed by atoms with van der Waals surface area (Å²) >= 11 is 0. The summed E-state index contributed by atoms with van der Waals surface area (Å²) in [6, 6.07) is 0. The molecule has 3 N–H and O–H groups in total. The molecular formula is C9H18N2O2. The number of hydrogen-bond donors (Lipinski definition) is 2. The number of carbonyl (C=O) groups is 1. The molecule has 0 aromatic heterocycles. The molecular weight excluding hydrogens is 168 g/mol. The van der Waals surface area contributed by atoms with Crippen LogP contribution in [-0.2, 0) is 9.53 Å². The van der Waals surface area contributed by atoms with Gasteiger partial charge in [-0.15, -0.1) is 0 Å². The quantitative estimate of drug-likeness (QED) is 0.593. The second kappa shape index (κ2) is 13.2. The molecule has 0 aliphatic carbocycles. The van der Waals surface area contributed by atoms with Gasteiger partial charge in [0.1, 0.15) is 0 Å². The molecule has 0 aromatic carbocycles. The zero-order valence-electron chi connectivity index (χ0n) is 8.08. The molecule has 0 bridgehead atoms. The molecule has 0 saturated carbocycles. The number of cyclic esters (lactones) is 1. The van der Waals surface area contributed by atoms with E-state index in [9.17, 15) is 4.79 Å². The van der Waals surface area contributed by atoms with Gasteiger partial charge in [0, 0.05) is 13.5 Å². The normalized spacial score (nSPS) is 12.2. The Morgan fingerprint density at radius 3 is 2.15 bits per heavy atom. The lowest BCUT2D eigenvalue weighted by Crippen LogP contribution is -1.88. The molecule has 0 spiro atoms. The van der Waals surface area contributed by atoms with E-state index in [0.29, 0.717) is 13.0 Å². The highest BCUT2D eigenvalue weighted by atomic mass is 16.5. The first-order valence-electron chi connectivity index (χ1n) is 3.99. The van der Waals surface area contributed by atoms with E-state index in [2.05, 4.69) is 28.9 Å². The summed E-state index contributed by atoms with van der Waals surface area (Å²) in [6.45, 7) is 7.14. The topological polar surface area (TPSA) is 64.3 Å². The highest BCUT2D eigenvalue weighted by molar-refractivity contribution is 5.70. The zero-order valence-corrected chi connectivity index (χ0v) is 8.08. The van der Waals surface area contributed by atoms with Crippen LogP contribution in [0.15, 0.2) is 25.6 Å². The zero-order chi connectivity index (χ0) is 10.5. The fraction of sp³-hybridized carbons (Fsp3) is 0.444. The summed E-state index contributed by atoms with van der Waals surface area (Å²) in [7, 11) is 1.81. The van der Waals surface area contributed by atoms with Crippen molar-refractivity contribution in [2.24, 2.45) is 5.73 Å². The minimum Gasteiger partial charge on any atom is -0.466 e. The SMILES string of the molecule is C=CN.C=CNC.O=C1CCCO1. The van der Waals surface area contributed by atoms with Crippen molar-refractivity contribution in [2.75, 3.05) is 13.7 Å². The maximum Gasteiger partial charge on any atom is 0.305 e. The molecule has 0 amide bonds. The third-order valence-corrected chi connectivity index (χ3v) is 0.992. The van der Waals surface area contributed by atoms with Crippen molar-refractivity contribution in [1.29, 1.82) is 0 Å². The van der Waals surface area contributed by atoms with E-state index in [1.807, 2.05) is 7.05 Å². The highest BCUT2D eigenvalue weighted by Gasteiger charge is 2.08. The molecule has 13 heavy (non-hydrogen) atoms. The van der Waals surface area contributed by atoms with E-state index in [-0.39, 0.29) is 5.97 Å². The Labute approximate surface area is 79.5 Å². The van der Waals surface area contributed by atoms with E-state index in [1.165, 1.54) is 6.20 Å². The van der Waals surface area contributed by atoms with Crippen molar-refractivity contribution in [3.05, 3.63) is 25.6 Å². The van der Waals surface area contributed by atoms with Gasteiger partial charge in [-0.2, -0.15) is 0 Å². The molecule has 1 aliphatic heterocycles. The fourth-order valence-electron chi connectivity index (χ4n) is 0.475. The van der Waals surface area contributed by atoms with Gasteiger partial charge in [0.25, 0.3) is 0 Å². The smallest absolute Gasteiger partial charge is 0.305 e. The lowest BCUT2D eigenvalue weighted by atomic mass is 10.4. The van der Waals surface area contributed by atoms with Gasteiger partial charge in [-0.25, -0.2) is 0 Å². The van der Waals surface area contributed by atoms with Crippen LogP contribution in [-0.4, -0.2) is 19.6 Å². The minimum absolute atomic E-state index is 0.0463. The van der Waals surface area contributed by atoms with Crippen molar-refractivity contribution in [3.63, 3.8) is 0 Å². The Balaban J connectivity index is 0. The van der Waals surface area contributed by atoms with Gasteiger partial charge in [-0.3, -0.25) is 4.79 Å². The predicted octanol–water partition coefficient (Wildman–Crippen LogP) is 0.761. The van der Waals surface area contributed by atoms with E-state index < -0.39 is 0 Å². The number of nitrogens with one attached hydrogen (secondary N) is 1. The lowest BCUT2D eigenvalue weighted by Gasteiger charge is -1.81. The van der Waals surface area contributed by atoms with Crippen molar-refractivity contribution >= 4 is 5.97 Å². The number of rotatable bonds is 1. The molecule has 4 nitrogen and oxygen atoms in total. The summed E-state index contributed by atoms with van der Waals surface area (Å²) in [5.74, 6) is -0.0463. The third kappa shape index (κ3) is 18.0. The van der Waals surface area contributed by atoms with Gasteiger partial charge >= 0.3 is 5.97 Å². The van der Waals surface area contributed by atoms with E-state index in [4.69, 9.17) is 0 Å². The molecule has 0 atom stereocenters. The number of ether oxygens (including phenoxy) is 1. The van der Waals surface area contributed by atoms with Crippen molar-refractivity contribution in [2.45, 2.75) is 12.8 Å². The maximum atomic E-state index is 10.0. The molecule has 0 radical (unpaired) electrons. The van der Waals surface area contributed by atoms with Crippen LogP contribution in [0, 0.1) is 0 Å². The van der Waals surface area contributed by atoms with Crippen molar-refractivity contribution < 1.29 is 9.53 Å². The Kier molecular flexibility index (Phi) is 14.3. The first kappa shape index (κ1) is 14.1. The summed E-state index contributed by atoms with van der Waals surface area (Å²) < 4.78 is 4.51. The van der Waals surface area contributed by atoms with E-state index in [1.54, 1.807) is 6.20 Å². The largest absolute Gasteiger partial charge is 0.466 e. The summed E-state index contributed by atoms with van der Waals surface area (Å²) in [5, 5.41) is 2.69. The van der Waals surface area contributed by atoms with E-state index >= 15 is 0 Å². The van der Waals surface area contributed by atoms with Gasteiger partial charge in [-0.05, 0) is 18.8 Å². The van der Waals surface area contributed by atoms with Crippen LogP contribution in [0.25, 0.3) is 0 Å². The summed E-state index contributed by atoms with van der Waals surface area (Å²) in [6.07, 6.45) is 4.42.